The first-order chi connectivity index (χ1) is 8.13. The van der Waals surface area contributed by atoms with Crippen molar-refractivity contribution >= 4 is 21.9 Å². The second-order valence-corrected chi connectivity index (χ2v) is 4.32. The van der Waals surface area contributed by atoms with E-state index in [-0.39, 0.29) is 12.6 Å². The fourth-order valence-electron chi connectivity index (χ4n) is 1.21. The number of rotatable bonds is 6. The van der Waals surface area contributed by atoms with Gasteiger partial charge in [-0.3, -0.25) is 20.9 Å². The van der Waals surface area contributed by atoms with E-state index in [1.807, 2.05) is 18.2 Å². The van der Waals surface area contributed by atoms with Gasteiger partial charge in [-0.25, -0.2) is 0 Å². The highest BCUT2D eigenvalue weighted by Gasteiger charge is 2.03. The molecule has 0 amide bonds. The van der Waals surface area contributed by atoms with E-state index in [2.05, 4.69) is 20.9 Å². The molecule has 4 nitrogen and oxygen atoms in total. The standard InChI is InChI=1S/C11H15BrFN3O/c12-9-6-8(7-16-11(14)15)2-3-10(9)17-5-1-4-13/h2-3,6H,1,4-5,7H2,(H4,14,15,16)/p+1/i13-1. The van der Waals surface area contributed by atoms with Gasteiger partial charge in [-0.05, 0) is 33.6 Å². The Labute approximate surface area is 108 Å². The maximum Gasteiger partial charge on any atom is 0.339 e. The van der Waals surface area contributed by atoms with Crippen molar-refractivity contribution in [3.05, 3.63) is 28.2 Å². The normalized spacial score (nSPS) is 10.0. The maximum absolute atomic E-state index is 11.9. The highest BCUT2D eigenvalue weighted by atomic mass is 79.9. The van der Waals surface area contributed by atoms with Gasteiger partial charge < -0.3 is 4.74 Å². The smallest absolute Gasteiger partial charge is 0.339 e. The molecule has 94 valence electrons. The Balaban J connectivity index is 2.62. The molecule has 1 aromatic carbocycles. The minimum absolute atomic E-state index is 0.185. The first-order valence-corrected chi connectivity index (χ1v) is 6.01. The number of guanidine groups is 1. The lowest BCUT2D eigenvalue weighted by Gasteiger charge is -2.08. The average Bonchev–Trinajstić information content (AvgIpc) is 2.29. The Morgan fingerprint density at radius 2 is 2.18 bits per heavy atom. The van der Waals surface area contributed by atoms with E-state index >= 15 is 0 Å². The molecule has 1 aromatic rings. The Bertz CT molecular complexity index is 394. The molecule has 0 heterocycles. The van der Waals surface area contributed by atoms with E-state index in [9.17, 15) is 4.39 Å². The van der Waals surface area contributed by atoms with Gasteiger partial charge in [0.2, 0.25) is 0 Å². The van der Waals surface area contributed by atoms with Crippen LogP contribution in [0, 0.1) is 0 Å². The van der Waals surface area contributed by atoms with Crippen LogP contribution in [0.1, 0.15) is 12.0 Å². The Hall–Kier alpha value is -1.30. The zero-order chi connectivity index (χ0) is 12.7. The molecule has 0 aliphatic rings. The average molecular weight is 304 g/mol. The van der Waals surface area contributed by atoms with Crippen LogP contribution >= 0.6 is 15.9 Å². The number of nitrogens with two attached hydrogens (primary N) is 2. The highest BCUT2D eigenvalue weighted by Crippen LogP contribution is 2.25. The summed E-state index contributed by atoms with van der Waals surface area (Å²) in [5, 5.41) is 0. The second kappa shape index (κ2) is 7.11. The molecule has 0 bridgehead atoms. The third-order valence-electron chi connectivity index (χ3n) is 2.03. The van der Waals surface area contributed by atoms with Crippen molar-refractivity contribution in [1.82, 2.24) is 0 Å². The van der Waals surface area contributed by atoms with E-state index in [4.69, 9.17) is 16.2 Å². The fourth-order valence-corrected chi connectivity index (χ4v) is 1.75. The number of hydrogen-bond acceptors (Lipinski definition) is 1. The third-order valence-corrected chi connectivity index (χ3v) is 2.65. The largest absolute Gasteiger partial charge is 0.492 e. The van der Waals surface area contributed by atoms with E-state index in [0.29, 0.717) is 25.3 Å². The molecule has 0 unspecified atom stereocenters. The van der Waals surface area contributed by atoms with Crippen molar-refractivity contribution in [2.45, 2.75) is 13.0 Å². The first kappa shape index (κ1) is 13.8. The summed E-state index contributed by atoms with van der Waals surface area (Å²) in [4.78, 5) is 2.82. The van der Waals surface area contributed by atoms with Gasteiger partial charge in [0.05, 0.1) is 24.3 Å². The molecule has 0 spiro atoms. The summed E-state index contributed by atoms with van der Waals surface area (Å²) in [5.41, 5.74) is 11.6. The monoisotopic (exact) mass is 303 g/mol. The molecular formula is C11H16BrFN3O+. The zero-order valence-electron chi connectivity index (χ0n) is 9.38. The van der Waals surface area contributed by atoms with Crippen molar-refractivity contribution in [1.29, 1.82) is 0 Å². The van der Waals surface area contributed by atoms with Crippen molar-refractivity contribution in [3.8, 4) is 5.75 Å². The van der Waals surface area contributed by atoms with Gasteiger partial charge in [-0.2, -0.15) is 0 Å². The Kier molecular flexibility index (Phi) is 5.76. The van der Waals surface area contributed by atoms with Crippen LogP contribution in [0.5, 0.6) is 5.75 Å². The topological polar surface area (TPSA) is 75.2 Å². The highest BCUT2D eigenvalue weighted by molar-refractivity contribution is 9.10. The van der Waals surface area contributed by atoms with Crippen LogP contribution in [0.4, 0.5) is 4.39 Å². The summed E-state index contributed by atoms with van der Waals surface area (Å²) in [6, 6.07) is 5.62. The van der Waals surface area contributed by atoms with Crippen LogP contribution < -0.4 is 21.2 Å². The third kappa shape index (κ3) is 5.04. The molecule has 0 aliphatic carbocycles. The lowest BCUT2D eigenvalue weighted by Crippen LogP contribution is -2.76. The summed E-state index contributed by atoms with van der Waals surface area (Å²) in [7, 11) is 0. The number of ether oxygens (including phenoxy) is 1. The summed E-state index contributed by atoms with van der Waals surface area (Å²) in [6.07, 6.45) is 0.397. The van der Waals surface area contributed by atoms with Gasteiger partial charge in [-0.1, -0.05) is 6.07 Å². The van der Waals surface area contributed by atoms with E-state index in [1.165, 1.54) is 0 Å². The van der Waals surface area contributed by atoms with Crippen LogP contribution in [0.15, 0.2) is 22.7 Å². The van der Waals surface area contributed by atoms with Gasteiger partial charge in [0, 0.05) is 6.42 Å². The van der Waals surface area contributed by atoms with Gasteiger partial charge in [0.25, 0.3) is 0 Å². The molecule has 0 aromatic heterocycles. The number of nitrogens with one attached hydrogen (secondary N) is 1. The minimum Gasteiger partial charge on any atom is -0.492 e. The summed E-state index contributed by atoms with van der Waals surface area (Å²) in [6.45, 7) is 0.549. The van der Waals surface area contributed by atoms with Crippen molar-refractivity contribution in [3.63, 3.8) is 0 Å². The summed E-state index contributed by atoms with van der Waals surface area (Å²) >= 11 is 3.39. The van der Waals surface area contributed by atoms with Crippen LogP contribution in [-0.4, -0.2) is 19.2 Å². The van der Waals surface area contributed by atoms with Gasteiger partial charge >= 0.3 is 5.96 Å². The number of hydrogen-bond donors (Lipinski definition) is 3. The van der Waals surface area contributed by atoms with Gasteiger partial charge in [0.15, 0.2) is 0 Å². The predicted octanol–water partition coefficient (Wildman–Crippen LogP) is 0.0415. The van der Waals surface area contributed by atoms with Gasteiger partial charge in [0.1, 0.15) is 5.75 Å². The Morgan fingerprint density at radius 1 is 1.41 bits per heavy atom. The molecule has 17 heavy (non-hydrogen) atoms. The SMILES string of the molecule is NC(N)=[NH+]Cc1ccc(OCCC[18F])c(Br)c1. The molecule has 1 rings (SSSR count). The maximum atomic E-state index is 11.9. The van der Waals surface area contributed by atoms with Crippen molar-refractivity contribution in [2.75, 3.05) is 13.3 Å². The predicted molar refractivity (Wildman–Crippen MR) is 68.3 cm³/mol. The molecule has 6 heteroatoms. The second-order valence-electron chi connectivity index (χ2n) is 3.46. The molecule has 0 radical (unpaired) electrons. The lowest BCUT2D eigenvalue weighted by molar-refractivity contribution is -0.477. The van der Waals surface area contributed by atoms with Crippen LogP contribution in [0.2, 0.25) is 0 Å². The fraction of sp³-hybridized carbons (Fsp3) is 0.364. The summed E-state index contributed by atoms with van der Waals surface area (Å²) < 4.78 is 18.1. The molecule has 0 atom stereocenters. The van der Waals surface area contributed by atoms with E-state index < -0.39 is 0 Å². The first-order valence-electron chi connectivity index (χ1n) is 5.22. The number of halogens is 2. The molecule has 5 N–H and O–H groups in total. The van der Waals surface area contributed by atoms with E-state index in [1.54, 1.807) is 0 Å². The quantitative estimate of drug-likeness (QED) is 0.395. The number of alkyl halides is 1. The minimum atomic E-state index is -0.370. The molecule has 0 saturated heterocycles. The zero-order valence-corrected chi connectivity index (χ0v) is 11.0. The number of benzene rings is 1. The Morgan fingerprint density at radius 3 is 2.76 bits per heavy atom. The van der Waals surface area contributed by atoms with Crippen LogP contribution in [0.25, 0.3) is 0 Å². The molecule has 0 saturated carbocycles. The van der Waals surface area contributed by atoms with Crippen molar-refractivity contribution < 1.29 is 14.1 Å². The molecule has 0 fully saturated rings. The van der Waals surface area contributed by atoms with Crippen LogP contribution in [-0.2, 0) is 6.54 Å². The van der Waals surface area contributed by atoms with E-state index in [0.717, 1.165) is 10.0 Å². The van der Waals surface area contributed by atoms with Gasteiger partial charge in [-0.15, -0.1) is 0 Å². The lowest BCUT2D eigenvalue weighted by atomic mass is 10.2. The summed E-state index contributed by atoms with van der Waals surface area (Å²) in [5.74, 6) is 0.885. The van der Waals surface area contributed by atoms with Crippen molar-refractivity contribution in [2.24, 2.45) is 11.5 Å². The molecular weight excluding hydrogens is 288 g/mol. The molecule has 0 aliphatic heterocycles. The van der Waals surface area contributed by atoms with Crippen LogP contribution in [0.3, 0.4) is 0 Å².